The highest BCUT2D eigenvalue weighted by Gasteiger charge is 2.53. The Labute approximate surface area is 222 Å². The summed E-state index contributed by atoms with van der Waals surface area (Å²) in [5.74, 6) is 1.77. The third kappa shape index (κ3) is 4.69. The van der Waals surface area contributed by atoms with Crippen LogP contribution in [0.25, 0.3) is 0 Å². The zero-order valence-electron chi connectivity index (χ0n) is 23.2. The van der Waals surface area contributed by atoms with Gasteiger partial charge in [-0.15, -0.1) is 0 Å². The van der Waals surface area contributed by atoms with E-state index in [4.69, 9.17) is 0 Å². The summed E-state index contributed by atoms with van der Waals surface area (Å²) < 4.78 is 0. The first kappa shape index (κ1) is 25.0. The predicted octanol–water partition coefficient (Wildman–Crippen LogP) is 11.3. The molecule has 0 heterocycles. The van der Waals surface area contributed by atoms with Crippen LogP contribution < -0.4 is 0 Å². The van der Waals surface area contributed by atoms with E-state index in [9.17, 15) is 0 Å². The maximum Gasteiger partial charge on any atom is 0.0407 e. The SMILES string of the molecule is C1=C(/C2=C(\C3=CCCCC3)C(C3=CCC3)(C3=CCCC3)C(C3CCCCC3)CCCC2)CCCCC1. The lowest BCUT2D eigenvalue weighted by atomic mass is 9.49. The van der Waals surface area contributed by atoms with Gasteiger partial charge in [-0.25, -0.2) is 0 Å². The maximum absolute atomic E-state index is 2.78. The van der Waals surface area contributed by atoms with Gasteiger partial charge in [0.05, 0.1) is 0 Å². The highest BCUT2D eigenvalue weighted by molar-refractivity contribution is 5.59. The quantitative estimate of drug-likeness (QED) is 0.340. The topological polar surface area (TPSA) is 0 Å². The summed E-state index contributed by atoms with van der Waals surface area (Å²) >= 11 is 0. The largest absolute Gasteiger partial charge is 0.0841 e. The molecule has 6 rings (SSSR count). The summed E-state index contributed by atoms with van der Waals surface area (Å²) in [6.07, 6.45) is 43.2. The highest BCUT2D eigenvalue weighted by Crippen LogP contribution is 2.64. The molecular formula is C36H52. The lowest BCUT2D eigenvalue weighted by molar-refractivity contribution is 0.138. The molecule has 0 N–H and O–H groups in total. The fourth-order valence-electron chi connectivity index (χ4n) is 9.36. The van der Waals surface area contributed by atoms with E-state index in [1.807, 2.05) is 27.9 Å². The molecule has 0 spiro atoms. The summed E-state index contributed by atoms with van der Waals surface area (Å²) in [5, 5.41) is 0. The summed E-state index contributed by atoms with van der Waals surface area (Å²) in [4.78, 5) is 0. The van der Waals surface area contributed by atoms with Crippen LogP contribution in [0.4, 0.5) is 0 Å². The smallest absolute Gasteiger partial charge is 0.0407 e. The van der Waals surface area contributed by atoms with Gasteiger partial charge in [-0.05, 0) is 137 Å². The predicted molar refractivity (Wildman–Crippen MR) is 155 cm³/mol. The Morgan fingerprint density at radius 3 is 1.83 bits per heavy atom. The second kappa shape index (κ2) is 11.6. The molecule has 0 aromatic rings. The molecule has 0 saturated heterocycles. The van der Waals surface area contributed by atoms with Crippen molar-refractivity contribution < 1.29 is 0 Å². The van der Waals surface area contributed by atoms with Crippen molar-refractivity contribution in [3.8, 4) is 0 Å². The van der Waals surface area contributed by atoms with Crippen LogP contribution in [-0.2, 0) is 0 Å². The van der Waals surface area contributed by atoms with E-state index in [1.54, 1.807) is 5.57 Å². The van der Waals surface area contributed by atoms with E-state index in [0.29, 0.717) is 0 Å². The van der Waals surface area contributed by atoms with Gasteiger partial charge in [0, 0.05) is 5.41 Å². The molecule has 196 valence electrons. The van der Waals surface area contributed by atoms with Gasteiger partial charge < -0.3 is 0 Å². The Bertz CT molecular complexity index is 943. The third-order valence-corrected chi connectivity index (χ3v) is 11.1. The van der Waals surface area contributed by atoms with E-state index in [2.05, 4.69) is 24.3 Å². The normalized spacial score (nSPS) is 34.9. The molecule has 0 amide bonds. The van der Waals surface area contributed by atoms with Gasteiger partial charge in [0.25, 0.3) is 0 Å². The average molecular weight is 485 g/mol. The Morgan fingerprint density at radius 2 is 1.11 bits per heavy atom. The molecule has 0 heteroatoms. The van der Waals surface area contributed by atoms with Crippen molar-refractivity contribution in [2.24, 2.45) is 17.3 Å². The summed E-state index contributed by atoms with van der Waals surface area (Å²) in [7, 11) is 0. The second-order valence-electron chi connectivity index (χ2n) is 13.1. The van der Waals surface area contributed by atoms with Crippen molar-refractivity contribution in [2.75, 3.05) is 0 Å². The minimum absolute atomic E-state index is 0.239. The first-order valence-electron chi connectivity index (χ1n) is 16.4. The van der Waals surface area contributed by atoms with Crippen LogP contribution in [0.15, 0.2) is 57.7 Å². The minimum atomic E-state index is 0.239. The lowest BCUT2D eigenvalue weighted by Gasteiger charge is -2.54. The molecule has 0 aliphatic heterocycles. The minimum Gasteiger partial charge on any atom is -0.0841 e. The molecule has 0 bridgehead atoms. The van der Waals surface area contributed by atoms with Crippen molar-refractivity contribution in [3.63, 3.8) is 0 Å². The summed E-state index contributed by atoms with van der Waals surface area (Å²) in [6, 6.07) is 0. The standard InChI is InChI=1S/C36H52/c1-2-6-17-28(16-5-1)33-26-13-14-27-34(29-18-7-3-8-19-29)36(32-24-15-25-32,31-22-11-12-23-31)35(33)30-20-9-4-10-21-30/h16,20,22,24,29,34H,1-15,17-19,21,23,25-27H2/b35-33+. The van der Waals surface area contributed by atoms with Crippen LogP contribution in [0.3, 0.4) is 0 Å². The van der Waals surface area contributed by atoms with Crippen LogP contribution in [0.5, 0.6) is 0 Å². The van der Waals surface area contributed by atoms with Crippen LogP contribution in [0.2, 0.25) is 0 Å². The van der Waals surface area contributed by atoms with Crippen molar-refractivity contribution in [2.45, 2.75) is 148 Å². The Hall–Kier alpha value is -1.30. The first-order valence-corrected chi connectivity index (χ1v) is 16.4. The van der Waals surface area contributed by atoms with Gasteiger partial charge >= 0.3 is 0 Å². The van der Waals surface area contributed by atoms with E-state index in [-0.39, 0.29) is 5.41 Å². The monoisotopic (exact) mass is 484 g/mol. The first-order chi connectivity index (χ1) is 17.9. The molecule has 6 aliphatic carbocycles. The highest BCUT2D eigenvalue weighted by atomic mass is 14.6. The molecule has 0 radical (unpaired) electrons. The molecule has 2 unspecified atom stereocenters. The van der Waals surface area contributed by atoms with Gasteiger partial charge in [0.2, 0.25) is 0 Å². The van der Waals surface area contributed by atoms with E-state index in [0.717, 1.165) is 11.8 Å². The molecule has 6 aliphatic rings. The van der Waals surface area contributed by atoms with Crippen molar-refractivity contribution in [1.82, 2.24) is 0 Å². The Kier molecular flexibility index (Phi) is 8.07. The van der Waals surface area contributed by atoms with Crippen molar-refractivity contribution in [1.29, 1.82) is 0 Å². The van der Waals surface area contributed by atoms with Crippen LogP contribution >= 0.6 is 0 Å². The maximum atomic E-state index is 2.78. The number of hydrogen-bond donors (Lipinski definition) is 0. The molecule has 2 atom stereocenters. The summed E-state index contributed by atoms with van der Waals surface area (Å²) in [6.45, 7) is 0. The molecule has 0 nitrogen and oxygen atoms in total. The average Bonchev–Trinajstić information content (AvgIpc) is 3.29. The molecule has 1 fully saturated rings. The Morgan fingerprint density at radius 1 is 0.472 bits per heavy atom. The zero-order chi connectivity index (χ0) is 24.2. The number of rotatable bonds is 5. The van der Waals surface area contributed by atoms with E-state index >= 15 is 0 Å². The molecule has 1 saturated carbocycles. The van der Waals surface area contributed by atoms with Gasteiger partial charge in [-0.3, -0.25) is 0 Å². The van der Waals surface area contributed by atoms with Crippen molar-refractivity contribution in [3.05, 3.63) is 57.7 Å². The fraction of sp³-hybridized carbons (Fsp3) is 0.722. The van der Waals surface area contributed by atoms with Gasteiger partial charge in [0.1, 0.15) is 0 Å². The molecule has 0 aromatic carbocycles. The fourth-order valence-corrected chi connectivity index (χ4v) is 9.36. The molecule has 0 aromatic heterocycles. The number of allylic oxidation sites excluding steroid dienone is 10. The van der Waals surface area contributed by atoms with E-state index < -0.39 is 0 Å². The Balaban J connectivity index is 1.63. The van der Waals surface area contributed by atoms with E-state index in [1.165, 1.54) is 148 Å². The lowest BCUT2D eigenvalue weighted by Crippen LogP contribution is -2.44. The zero-order valence-corrected chi connectivity index (χ0v) is 23.2. The molecule has 36 heavy (non-hydrogen) atoms. The van der Waals surface area contributed by atoms with Gasteiger partial charge in [-0.1, -0.05) is 80.4 Å². The third-order valence-electron chi connectivity index (χ3n) is 11.1. The molecular weight excluding hydrogens is 432 g/mol. The van der Waals surface area contributed by atoms with Crippen LogP contribution in [0.1, 0.15) is 148 Å². The second-order valence-corrected chi connectivity index (χ2v) is 13.1. The van der Waals surface area contributed by atoms with Gasteiger partial charge in [0.15, 0.2) is 0 Å². The summed E-state index contributed by atoms with van der Waals surface area (Å²) in [5.41, 5.74) is 11.4. The van der Waals surface area contributed by atoms with Gasteiger partial charge in [-0.2, -0.15) is 0 Å². The van der Waals surface area contributed by atoms with Crippen molar-refractivity contribution >= 4 is 0 Å². The van der Waals surface area contributed by atoms with Crippen LogP contribution in [-0.4, -0.2) is 0 Å². The number of hydrogen-bond acceptors (Lipinski definition) is 0. The van der Waals surface area contributed by atoms with Crippen LogP contribution in [0, 0.1) is 17.3 Å².